The fourth-order valence-electron chi connectivity index (χ4n) is 2.12. The lowest BCUT2D eigenvalue weighted by atomic mass is 10.2. The topological polar surface area (TPSA) is 66.9 Å². The van der Waals surface area contributed by atoms with Gasteiger partial charge in [-0.15, -0.1) is 0 Å². The highest BCUT2D eigenvalue weighted by molar-refractivity contribution is 9.10. The molecule has 2 N–H and O–H groups in total. The van der Waals surface area contributed by atoms with Gasteiger partial charge in [0.2, 0.25) is 5.95 Å². The van der Waals surface area contributed by atoms with Gasteiger partial charge < -0.3 is 10.6 Å². The molecule has 0 saturated heterocycles. The molecular formula is C18H15BrN4O. The van der Waals surface area contributed by atoms with Gasteiger partial charge in [-0.1, -0.05) is 24.3 Å². The third-order valence-electron chi connectivity index (χ3n) is 3.31. The maximum atomic E-state index is 12.2. The highest BCUT2D eigenvalue weighted by Gasteiger charge is 2.09. The van der Waals surface area contributed by atoms with Crippen LogP contribution in [0.4, 0.5) is 17.3 Å². The number of nitrogens with zero attached hydrogens (tertiary/aromatic N) is 2. The van der Waals surface area contributed by atoms with E-state index in [0.717, 1.165) is 15.7 Å². The fraction of sp³-hybridized carbons (Fsp3) is 0.0556. The smallest absolute Gasteiger partial charge is 0.258 e. The standard InChI is InChI=1S/C18H15BrN4O/c1-12-5-4-6-14(9-12)22-18-20-10-13(11-21-18)17(24)23-16-8-3-2-7-15(16)19/h2-11H,1H3,(H,23,24)(H,20,21,22). The predicted octanol–water partition coefficient (Wildman–Crippen LogP) is 4.54. The molecule has 2 aromatic carbocycles. The number of aromatic nitrogens is 2. The highest BCUT2D eigenvalue weighted by atomic mass is 79.9. The highest BCUT2D eigenvalue weighted by Crippen LogP contribution is 2.22. The van der Waals surface area contributed by atoms with Gasteiger partial charge in [-0.05, 0) is 52.7 Å². The number of aryl methyl sites for hydroxylation is 1. The molecule has 0 unspecified atom stereocenters. The van der Waals surface area contributed by atoms with E-state index in [4.69, 9.17) is 0 Å². The van der Waals surface area contributed by atoms with E-state index < -0.39 is 0 Å². The van der Waals surface area contributed by atoms with Crippen molar-refractivity contribution in [3.8, 4) is 0 Å². The zero-order chi connectivity index (χ0) is 16.9. The minimum Gasteiger partial charge on any atom is -0.324 e. The normalized spacial score (nSPS) is 10.2. The van der Waals surface area contributed by atoms with Crippen LogP contribution in [-0.4, -0.2) is 15.9 Å². The zero-order valence-corrected chi connectivity index (χ0v) is 14.5. The van der Waals surface area contributed by atoms with E-state index >= 15 is 0 Å². The summed E-state index contributed by atoms with van der Waals surface area (Å²) in [6.07, 6.45) is 2.99. The lowest BCUT2D eigenvalue weighted by Crippen LogP contribution is -2.13. The number of nitrogens with one attached hydrogen (secondary N) is 2. The summed E-state index contributed by atoms with van der Waals surface area (Å²) in [6, 6.07) is 15.3. The summed E-state index contributed by atoms with van der Waals surface area (Å²) in [5.74, 6) is 0.182. The van der Waals surface area contributed by atoms with Gasteiger partial charge in [0.1, 0.15) is 0 Å². The lowest BCUT2D eigenvalue weighted by molar-refractivity contribution is 0.102. The van der Waals surface area contributed by atoms with Crippen LogP contribution in [0.15, 0.2) is 65.4 Å². The summed E-state index contributed by atoms with van der Waals surface area (Å²) in [7, 11) is 0. The second-order valence-corrected chi connectivity index (χ2v) is 6.08. The predicted molar refractivity (Wildman–Crippen MR) is 98.6 cm³/mol. The Hall–Kier alpha value is -2.73. The second kappa shape index (κ2) is 7.23. The molecular weight excluding hydrogens is 368 g/mol. The van der Waals surface area contributed by atoms with Crippen molar-refractivity contribution in [2.45, 2.75) is 6.92 Å². The molecule has 1 amide bonds. The second-order valence-electron chi connectivity index (χ2n) is 5.22. The molecule has 1 heterocycles. The van der Waals surface area contributed by atoms with Crippen LogP contribution in [0.2, 0.25) is 0 Å². The van der Waals surface area contributed by atoms with Gasteiger partial charge in [0.15, 0.2) is 0 Å². The number of hydrogen-bond donors (Lipinski definition) is 2. The Kier molecular flexibility index (Phi) is 4.86. The third kappa shape index (κ3) is 3.97. The summed E-state index contributed by atoms with van der Waals surface area (Å²) < 4.78 is 0.817. The van der Waals surface area contributed by atoms with Gasteiger partial charge in [0.05, 0.1) is 11.3 Å². The van der Waals surface area contributed by atoms with Gasteiger partial charge in [0, 0.05) is 22.6 Å². The van der Waals surface area contributed by atoms with Crippen molar-refractivity contribution in [2.75, 3.05) is 10.6 Å². The van der Waals surface area contributed by atoms with Gasteiger partial charge in [-0.25, -0.2) is 9.97 Å². The first-order valence-electron chi connectivity index (χ1n) is 7.33. The van der Waals surface area contributed by atoms with E-state index in [1.807, 2.05) is 55.5 Å². The molecule has 3 aromatic rings. The van der Waals surface area contributed by atoms with Crippen molar-refractivity contribution in [1.82, 2.24) is 9.97 Å². The molecule has 0 saturated carbocycles. The molecule has 0 aliphatic rings. The Bertz CT molecular complexity index is 865. The fourth-order valence-corrected chi connectivity index (χ4v) is 2.50. The summed E-state index contributed by atoms with van der Waals surface area (Å²) >= 11 is 3.40. The van der Waals surface area contributed by atoms with Crippen LogP contribution in [0.5, 0.6) is 0 Å². The van der Waals surface area contributed by atoms with E-state index in [9.17, 15) is 4.79 Å². The Morgan fingerprint density at radius 2 is 1.79 bits per heavy atom. The molecule has 0 bridgehead atoms. The molecule has 120 valence electrons. The van der Waals surface area contributed by atoms with Crippen molar-refractivity contribution < 1.29 is 4.79 Å². The van der Waals surface area contributed by atoms with E-state index in [-0.39, 0.29) is 5.91 Å². The first-order valence-corrected chi connectivity index (χ1v) is 8.13. The Morgan fingerprint density at radius 3 is 2.50 bits per heavy atom. The number of halogens is 1. The first kappa shape index (κ1) is 16.1. The van der Waals surface area contributed by atoms with Crippen LogP contribution < -0.4 is 10.6 Å². The van der Waals surface area contributed by atoms with E-state index in [1.165, 1.54) is 12.4 Å². The van der Waals surface area contributed by atoms with Gasteiger partial charge in [-0.2, -0.15) is 0 Å². The van der Waals surface area contributed by atoms with E-state index in [2.05, 4.69) is 36.5 Å². The molecule has 1 aromatic heterocycles. The molecule has 6 heteroatoms. The van der Waals surface area contributed by atoms with Crippen LogP contribution in [0.1, 0.15) is 15.9 Å². The number of para-hydroxylation sites is 1. The lowest BCUT2D eigenvalue weighted by Gasteiger charge is -2.08. The third-order valence-corrected chi connectivity index (χ3v) is 4.00. The Morgan fingerprint density at radius 1 is 1.04 bits per heavy atom. The monoisotopic (exact) mass is 382 g/mol. The Labute approximate surface area is 148 Å². The molecule has 3 rings (SSSR count). The van der Waals surface area contributed by atoms with Crippen molar-refractivity contribution in [2.24, 2.45) is 0 Å². The van der Waals surface area contributed by atoms with Gasteiger partial charge in [-0.3, -0.25) is 4.79 Å². The van der Waals surface area contributed by atoms with Crippen LogP contribution >= 0.6 is 15.9 Å². The molecule has 0 spiro atoms. The van der Waals surface area contributed by atoms with Gasteiger partial charge in [0.25, 0.3) is 5.91 Å². The van der Waals surface area contributed by atoms with Crippen molar-refractivity contribution >= 4 is 39.2 Å². The largest absolute Gasteiger partial charge is 0.324 e. The molecule has 5 nitrogen and oxygen atoms in total. The number of amides is 1. The molecule has 24 heavy (non-hydrogen) atoms. The van der Waals surface area contributed by atoms with Gasteiger partial charge >= 0.3 is 0 Å². The van der Waals surface area contributed by atoms with E-state index in [0.29, 0.717) is 17.2 Å². The van der Waals surface area contributed by atoms with Crippen LogP contribution in [-0.2, 0) is 0 Å². The molecule has 0 fully saturated rings. The number of hydrogen-bond acceptors (Lipinski definition) is 4. The summed E-state index contributed by atoms with van der Waals surface area (Å²) in [5, 5.41) is 5.93. The van der Waals surface area contributed by atoms with Crippen LogP contribution in [0, 0.1) is 6.92 Å². The number of anilines is 3. The molecule has 0 aliphatic heterocycles. The number of rotatable bonds is 4. The maximum Gasteiger partial charge on any atom is 0.258 e. The molecule has 0 aliphatic carbocycles. The van der Waals surface area contributed by atoms with Crippen molar-refractivity contribution in [3.63, 3.8) is 0 Å². The quantitative estimate of drug-likeness (QED) is 0.694. The van der Waals surface area contributed by atoms with Crippen molar-refractivity contribution in [3.05, 3.63) is 76.5 Å². The Balaban J connectivity index is 1.70. The van der Waals surface area contributed by atoms with Crippen LogP contribution in [0.3, 0.4) is 0 Å². The van der Waals surface area contributed by atoms with E-state index in [1.54, 1.807) is 0 Å². The molecule has 0 atom stereocenters. The minimum absolute atomic E-state index is 0.260. The minimum atomic E-state index is -0.260. The summed E-state index contributed by atoms with van der Waals surface area (Å²) in [5.41, 5.74) is 3.13. The average Bonchev–Trinajstić information content (AvgIpc) is 2.57. The summed E-state index contributed by atoms with van der Waals surface area (Å²) in [6.45, 7) is 2.02. The number of benzene rings is 2. The average molecular weight is 383 g/mol. The summed E-state index contributed by atoms with van der Waals surface area (Å²) in [4.78, 5) is 20.6. The number of carbonyl (C=O) groups is 1. The SMILES string of the molecule is Cc1cccc(Nc2ncc(C(=O)Nc3ccccc3Br)cn2)c1. The zero-order valence-electron chi connectivity index (χ0n) is 13.0. The number of carbonyl (C=O) groups excluding carboxylic acids is 1. The maximum absolute atomic E-state index is 12.2. The van der Waals surface area contributed by atoms with Crippen molar-refractivity contribution in [1.29, 1.82) is 0 Å². The molecule has 0 radical (unpaired) electrons. The first-order chi connectivity index (χ1) is 11.6. The van der Waals surface area contributed by atoms with Crippen LogP contribution in [0.25, 0.3) is 0 Å².